The third-order valence-electron chi connectivity index (χ3n) is 11.5. The molecule has 9 aromatic carbocycles. The second-order valence-electron chi connectivity index (χ2n) is 14.5. The standard InChI is InChI=1S/C52H32N2O/c1-3-12-33(13-4-1)38-22-25-40-42-29-36(24-27-46(42)54(48(40)32-38)47-19-11-21-51-52(47)41-18-9-10-20-50(41)55-51)37-23-26-45-43(30-37)44-28-34-14-7-8-15-35(34)31-49(44)53(45)39-16-5-2-6-17-39/h1-32H. The quantitative estimate of drug-likeness (QED) is 0.179. The number of nitrogens with zero attached hydrogens (tertiary/aromatic N) is 2. The van der Waals surface area contributed by atoms with Crippen LogP contribution in [0.25, 0.3) is 110 Å². The lowest BCUT2D eigenvalue weighted by atomic mass is 9.99. The second kappa shape index (κ2) is 11.6. The van der Waals surface area contributed by atoms with Crippen LogP contribution in [-0.2, 0) is 0 Å². The summed E-state index contributed by atoms with van der Waals surface area (Å²) < 4.78 is 11.2. The van der Waals surface area contributed by atoms with Gasteiger partial charge in [0.15, 0.2) is 0 Å². The molecule has 3 heterocycles. The lowest BCUT2D eigenvalue weighted by molar-refractivity contribution is 0.669. The van der Waals surface area contributed by atoms with Gasteiger partial charge in [0.1, 0.15) is 11.2 Å². The van der Waals surface area contributed by atoms with Crippen molar-refractivity contribution in [2.45, 2.75) is 0 Å². The molecule has 0 bridgehead atoms. The summed E-state index contributed by atoms with van der Waals surface area (Å²) >= 11 is 0. The third-order valence-corrected chi connectivity index (χ3v) is 11.5. The van der Waals surface area contributed by atoms with Crippen LogP contribution in [0.5, 0.6) is 0 Å². The minimum Gasteiger partial charge on any atom is -0.456 e. The summed E-state index contributed by atoms with van der Waals surface area (Å²) in [5, 5.41) is 9.67. The molecule has 12 rings (SSSR count). The molecule has 0 spiro atoms. The molecular formula is C52H32N2O. The molecule has 256 valence electrons. The van der Waals surface area contributed by atoms with Gasteiger partial charge in [0, 0.05) is 32.6 Å². The molecule has 0 aliphatic heterocycles. The molecule has 0 aliphatic rings. The topological polar surface area (TPSA) is 23.0 Å². The van der Waals surface area contributed by atoms with Crippen molar-refractivity contribution < 1.29 is 4.42 Å². The van der Waals surface area contributed by atoms with Crippen LogP contribution < -0.4 is 0 Å². The van der Waals surface area contributed by atoms with Crippen molar-refractivity contribution in [1.82, 2.24) is 9.13 Å². The average Bonchev–Trinajstić information content (AvgIpc) is 3.90. The number of benzene rings is 9. The fourth-order valence-electron chi connectivity index (χ4n) is 8.95. The first kappa shape index (κ1) is 30.1. The molecule has 0 saturated carbocycles. The van der Waals surface area contributed by atoms with Crippen LogP contribution in [-0.4, -0.2) is 9.13 Å². The van der Waals surface area contributed by atoms with E-state index in [9.17, 15) is 0 Å². The van der Waals surface area contributed by atoms with E-state index in [1.807, 2.05) is 6.07 Å². The second-order valence-corrected chi connectivity index (χ2v) is 14.5. The summed E-state index contributed by atoms with van der Waals surface area (Å²) in [5.74, 6) is 0. The summed E-state index contributed by atoms with van der Waals surface area (Å²) in [5.41, 5.74) is 13.6. The Bertz CT molecular complexity index is 3470. The van der Waals surface area contributed by atoms with Gasteiger partial charge in [-0.1, -0.05) is 121 Å². The van der Waals surface area contributed by atoms with E-state index in [0.29, 0.717) is 0 Å². The van der Waals surface area contributed by atoms with E-state index >= 15 is 0 Å². The highest BCUT2D eigenvalue weighted by Crippen LogP contribution is 2.42. The maximum Gasteiger partial charge on any atom is 0.137 e. The van der Waals surface area contributed by atoms with Crippen LogP contribution in [0.15, 0.2) is 199 Å². The van der Waals surface area contributed by atoms with Gasteiger partial charge in [-0.3, -0.25) is 0 Å². The molecule has 12 aromatic rings. The van der Waals surface area contributed by atoms with Gasteiger partial charge in [-0.05, 0) is 106 Å². The predicted molar refractivity (Wildman–Crippen MR) is 231 cm³/mol. The van der Waals surface area contributed by atoms with Crippen LogP contribution in [0.2, 0.25) is 0 Å². The van der Waals surface area contributed by atoms with Gasteiger partial charge >= 0.3 is 0 Å². The molecule has 3 nitrogen and oxygen atoms in total. The van der Waals surface area contributed by atoms with Gasteiger partial charge in [-0.25, -0.2) is 0 Å². The highest BCUT2D eigenvalue weighted by Gasteiger charge is 2.20. The van der Waals surface area contributed by atoms with Crippen LogP contribution >= 0.6 is 0 Å². The Morgan fingerprint density at radius 2 is 0.891 bits per heavy atom. The number of rotatable bonds is 4. The number of furan rings is 1. The van der Waals surface area contributed by atoms with Crippen LogP contribution in [0.1, 0.15) is 0 Å². The van der Waals surface area contributed by atoms with Crippen molar-refractivity contribution >= 4 is 76.3 Å². The van der Waals surface area contributed by atoms with E-state index < -0.39 is 0 Å². The summed E-state index contributed by atoms with van der Waals surface area (Å²) in [6.45, 7) is 0. The Kier molecular flexibility index (Phi) is 6.34. The van der Waals surface area contributed by atoms with Gasteiger partial charge in [-0.2, -0.15) is 0 Å². The van der Waals surface area contributed by atoms with E-state index in [1.54, 1.807) is 0 Å². The Morgan fingerprint density at radius 3 is 1.69 bits per heavy atom. The van der Waals surface area contributed by atoms with E-state index in [-0.39, 0.29) is 0 Å². The molecule has 0 fully saturated rings. The molecular weight excluding hydrogens is 669 g/mol. The first-order chi connectivity index (χ1) is 27.3. The number of fused-ring (bicyclic) bond motifs is 10. The maximum absolute atomic E-state index is 6.39. The molecule has 0 N–H and O–H groups in total. The fraction of sp³-hybridized carbons (Fsp3) is 0. The van der Waals surface area contributed by atoms with Crippen molar-refractivity contribution in [1.29, 1.82) is 0 Å². The van der Waals surface area contributed by atoms with Crippen LogP contribution in [0, 0.1) is 0 Å². The van der Waals surface area contributed by atoms with Crippen molar-refractivity contribution in [2.75, 3.05) is 0 Å². The van der Waals surface area contributed by atoms with Gasteiger partial charge in [-0.15, -0.1) is 0 Å². The van der Waals surface area contributed by atoms with E-state index in [0.717, 1.165) is 38.8 Å². The van der Waals surface area contributed by atoms with Crippen molar-refractivity contribution in [3.05, 3.63) is 194 Å². The van der Waals surface area contributed by atoms with Crippen molar-refractivity contribution in [3.8, 4) is 33.6 Å². The zero-order chi connectivity index (χ0) is 36.0. The van der Waals surface area contributed by atoms with E-state index in [2.05, 4.69) is 197 Å². The normalized spacial score (nSPS) is 12.0. The smallest absolute Gasteiger partial charge is 0.137 e. The number of para-hydroxylation sites is 2. The Morgan fingerprint density at radius 1 is 0.309 bits per heavy atom. The highest BCUT2D eigenvalue weighted by atomic mass is 16.3. The monoisotopic (exact) mass is 700 g/mol. The molecule has 3 heteroatoms. The first-order valence-corrected chi connectivity index (χ1v) is 18.8. The fourth-order valence-corrected chi connectivity index (χ4v) is 8.95. The summed E-state index contributed by atoms with van der Waals surface area (Å²) in [4.78, 5) is 0. The van der Waals surface area contributed by atoms with Gasteiger partial charge in [0.2, 0.25) is 0 Å². The van der Waals surface area contributed by atoms with E-state index in [4.69, 9.17) is 4.42 Å². The summed E-state index contributed by atoms with van der Waals surface area (Å²) in [7, 11) is 0. The third kappa shape index (κ3) is 4.50. The zero-order valence-electron chi connectivity index (χ0n) is 29.8. The minimum atomic E-state index is 0.889. The Balaban J connectivity index is 1.12. The largest absolute Gasteiger partial charge is 0.456 e. The minimum absolute atomic E-state index is 0.889. The highest BCUT2D eigenvalue weighted by molar-refractivity contribution is 6.17. The summed E-state index contributed by atoms with van der Waals surface area (Å²) in [6.07, 6.45) is 0. The zero-order valence-corrected chi connectivity index (χ0v) is 29.8. The van der Waals surface area contributed by atoms with Crippen LogP contribution in [0.3, 0.4) is 0 Å². The molecule has 0 saturated heterocycles. The predicted octanol–water partition coefficient (Wildman–Crippen LogP) is 14.3. The van der Waals surface area contributed by atoms with E-state index in [1.165, 1.54) is 71.1 Å². The molecule has 0 unspecified atom stereocenters. The molecule has 0 atom stereocenters. The average molecular weight is 701 g/mol. The van der Waals surface area contributed by atoms with Crippen molar-refractivity contribution in [3.63, 3.8) is 0 Å². The Hall–Kier alpha value is -7.36. The van der Waals surface area contributed by atoms with Crippen molar-refractivity contribution in [2.24, 2.45) is 0 Å². The number of aromatic nitrogens is 2. The number of hydrogen-bond acceptors (Lipinski definition) is 1. The lowest BCUT2D eigenvalue weighted by Crippen LogP contribution is -1.95. The maximum atomic E-state index is 6.39. The number of hydrogen-bond donors (Lipinski definition) is 0. The molecule has 0 amide bonds. The molecule has 3 aromatic heterocycles. The van der Waals surface area contributed by atoms with Gasteiger partial charge < -0.3 is 13.6 Å². The molecule has 0 radical (unpaired) electrons. The van der Waals surface area contributed by atoms with Crippen LogP contribution in [0.4, 0.5) is 0 Å². The molecule has 55 heavy (non-hydrogen) atoms. The first-order valence-electron chi connectivity index (χ1n) is 18.8. The Labute approximate surface area is 316 Å². The van der Waals surface area contributed by atoms with Gasteiger partial charge in [0.05, 0.1) is 33.1 Å². The lowest BCUT2D eigenvalue weighted by Gasteiger charge is -2.11. The van der Waals surface area contributed by atoms with Gasteiger partial charge in [0.25, 0.3) is 0 Å². The SMILES string of the molecule is c1ccc(-c2ccc3c4cc(-c5ccc6c(c5)c5cc7ccccc7cc5n6-c5ccccc5)ccc4n(-c4cccc5oc6ccccc6c45)c3c2)cc1. The summed E-state index contributed by atoms with van der Waals surface area (Å²) in [6, 6.07) is 70.4. The molecule has 0 aliphatic carbocycles.